The molecule has 0 spiro atoms. The molecule has 1 saturated heterocycles. The van der Waals surface area contributed by atoms with Gasteiger partial charge in [0.15, 0.2) is 18.4 Å². The van der Waals surface area contributed by atoms with Crippen LogP contribution in [0.3, 0.4) is 0 Å². The van der Waals surface area contributed by atoms with Gasteiger partial charge in [0.1, 0.15) is 6.10 Å². The number of nitrogens with zero attached hydrogens (tertiary/aromatic N) is 1. The molecule has 0 radical (unpaired) electrons. The summed E-state index contributed by atoms with van der Waals surface area (Å²) in [6.07, 6.45) is 17.2. The van der Waals surface area contributed by atoms with Crippen LogP contribution in [0.4, 0.5) is 0 Å². The molecule has 0 aliphatic carbocycles. The standard InChI is InChI=1S/C33H56N2O8/c1-3-5-7-9-11-13-15-17-19-21-28(38)42-30-26(25-36)41-32(35-24-23-27(37)34-33(35)40)31(30)43-29(39)22-20-18-16-14-12-10-8-6-4-2/h23-24,26,30-32,36H,3-22,25H2,1-2H3,(H,34,37,40). The van der Waals surface area contributed by atoms with Crippen molar-refractivity contribution in [1.82, 2.24) is 9.55 Å². The summed E-state index contributed by atoms with van der Waals surface area (Å²) in [5.41, 5.74) is -1.34. The summed E-state index contributed by atoms with van der Waals surface area (Å²) in [4.78, 5) is 52.0. The van der Waals surface area contributed by atoms with Crippen molar-refractivity contribution in [1.29, 1.82) is 0 Å². The highest BCUT2D eigenvalue weighted by Crippen LogP contribution is 2.33. The first-order valence-corrected chi connectivity index (χ1v) is 16.9. The molecule has 1 fully saturated rings. The Morgan fingerprint density at radius 3 is 1.63 bits per heavy atom. The van der Waals surface area contributed by atoms with Crippen LogP contribution in [-0.4, -0.2) is 51.5 Å². The Bertz CT molecular complexity index is 1020. The number of aromatic amines is 1. The second-order valence-corrected chi connectivity index (χ2v) is 11.8. The first kappa shape index (κ1) is 36.7. The van der Waals surface area contributed by atoms with Crippen LogP contribution in [-0.2, 0) is 23.8 Å². The summed E-state index contributed by atoms with van der Waals surface area (Å²) < 4.78 is 18.5. The molecule has 2 rings (SSSR count). The summed E-state index contributed by atoms with van der Waals surface area (Å²) in [6.45, 7) is 3.90. The van der Waals surface area contributed by atoms with Gasteiger partial charge in [-0.15, -0.1) is 0 Å². The van der Waals surface area contributed by atoms with Crippen molar-refractivity contribution in [2.45, 2.75) is 167 Å². The molecule has 1 aromatic heterocycles. The zero-order valence-corrected chi connectivity index (χ0v) is 26.6. The zero-order valence-electron chi connectivity index (χ0n) is 26.6. The Kier molecular flexibility index (Phi) is 18.9. The Balaban J connectivity index is 1.93. The van der Waals surface area contributed by atoms with Crippen molar-refractivity contribution in [3.63, 3.8) is 0 Å². The monoisotopic (exact) mass is 608 g/mol. The smallest absolute Gasteiger partial charge is 0.330 e. The fraction of sp³-hybridized carbons (Fsp3) is 0.818. The highest BCUT2D eigenvalue weighted by molar-refractivity contribution is 5.70. The maximum Gasteiger partial charge on any atom is 0.330 e. The number of esters is 2. The predicted octanol–water partition coefficient (Wildman–Crippen LogP) is 6.09. The Hall–Kier alpha value is -2.46. The fourth-order valence-electron chi connectivity index (χ4n) is 5.56. The molecule has 2 heterocycles. The average Bonchev–Trinajstić information content (AvgIpc) is 3.31. The number of rotatable bonds is 24. The van der Waals surface area contributed by atoms with E-state index in [1.54, 1.807) is 0 Å². The largest absolute Gasteiger partial charge is 0.455 e. The third-order valence-electron chi connectivity index (χ3n) is 8.09. The average molecular weight is 609 g/mol. The topological polar surface area (TPSA) is 137 Å². The van der Waals surface area contributed by atoms with E-state index in [9.17, 15) is 24.3 Å². The molecule has 0 aromatic carbocycles. The maximum absolute atomic E-state index is 12.9. The van der Waals surface area contributed by atoms with Gasteiger partial charge in [0, 0.05) is 25.1 Å². The van der Waals surface area contributed by atoms with E-state index >= 15 is 0 Å². The van der Waals surface area contributed by atoms with Gasteiger partial charge in [-0.1, -0.05) is 117 Å². The summed E-state index contributed by atoms with van der Waals surface area (Å²) in [7, 11) is 0. The minimum atomic E-state index is -1.17. The number of H-pyrrole nitrogens is 1. The van der Waals surface area contributed by atoms with E-state index in [1.807, 2.05) is 0 Å². The summed E-state index contributed by atoms with van der Waals surface area (Å²) in [6, 6.07) is 1.16. The first-order valence-electron chi connectivity index (χ1n) is 16.9. The van der Waals surface area contributed by atoms with E-state index in [4.69, 9.17) is 14.2 Å². The lowest BCUT2D eigenvalue weighted by atomic mass is 10.1. The van der Waals surface area contributed by atoms with Crippen LogP contribution in [0.25, 0.3) is 0 Å². The van der Waals surface area contributed by atoms with Crippen LogP contribution < -0.4 is 11.2 Å². The molecule has 4 atom stereocenters. The second-order valence-electron chi connectivity index (χ2n) is 11.8. The molecule has 4 unspecified atom stereocenters. The lowest BCUT2D eigenvalue weighted by molar-refractivity contribution is -0.169. The molecule has 0 bridgehead atoms. The molecule has 1 aliphatic heterocycles. The van der Waals surface area contributed by atoms with Gasteiger partial charge in [-0.05, 0) is 12.8 Å². The van der Waals surface area contributed by atoms with Crippen molar-refractivity contribution in [2.75, 3.05) is 6.61 Å². The van der Waals surface area contributed by atoms with E-state index in [0.717, 1.165) is 49.2 Å². The zero-order chi connectivity index (χ0) is 31.3. The highest BCUT2D eigenvalue weighted by atomic mass is 16.6. The number of carbonyl (C=O) groups excluding carboxylic acids is 2. The number of aromatic nitrogens is 2. The van der Waals surface area contributed by atoms with Crippen molar-refractivity contribution < 1.29 is 28.9 Å². The van der Waals surface area contributed by atoms with Gasteiger partial charge in [0.25, 0.3) is 5.56 Å². The normalized spacial score (nSPS) is 19.9. The van der Waals surface area contributed by atoms with E-state index in [2.05, 4.69) is 18.8 Å². The molecular weight excluding hydrogens is 552 g/mol. The molecule has 43 heavy (non-hydrogen) atoms. The minimum Gasteiger partial charge on any atom is -0.455 e. The third-order valence-corrected chi connectivity index (χ3v) is 8.09. The molecule has 1 aromatic rings. The van der Waals surface area contributed by atoms with Gasteiger partial charge in [0.05, 0.1) is 6.61 Å². The van der Waals surface area contributed by atoms with Crippen LogP contribution >= 0.6 is 0 Å². The van der Waals surface area contributed by atoms with Gasteiger partial charge in [-0.2, -0.15) is 0 Å². The Morgan fingerprint density at radius 1 is 0.744 bits per heavy atom. The van der Waals surface area contributed by atoms with Crippen molar-refractivity contribution in [3.8, 4) is 0 Å². The molecular formula is C33H56N2O8. The highest BCUT2D eigenvalue weighted by Gasteiger charge is 2.50. The second kappa shape index (κ2) is 22.1. The van der Waals surface area contributed by atoms with Gasteiger partial charge in [-0.3, -0.25) is 23.9 Å². The minimum absolute atomic E-state index is 0.183. The van der Waals surface area contributed by atoms with Crippen LogP contribution in [0, 0.1) is 0 Å². The van der Waals surface area contributed by atoms with E-state index in [-0.39, 0.29) is 12.8 Å². The first-order chi connectivity index (χ1) is 20.9. The van der Waals surface area contributed by atoms with Gasteiger partial charge >= 0.3 is 17.6 Å². The van der Waals surface area contributed by atoms with Crippen LogP contribution in [0.2, 0.25) is 0 Å². The molecule has 1 aliphatic rings. The Morgan fingerprint density at radius 2 is 1.19 bits per heavy atom. The van der Waals surface area contributed by atoms with Crippen LogP contribution in [0.1, 0.15) is 148 Å². The van der Waals surface area contributed by atoms with Gasteiger partial charge < -0.3 is 19.3 Å². The molecule has 2 N–H and O–H groups in total. The number of aliphatic hydroxyl groups is 1. The molecule has 0 amide bonds. The van der Waals surface area contributed by atoms with E-state index in [0.29, 0.717) is 12.8 Å². The quantitative estimate of drug-likeness (QED) is 0.106. The van der Waals surface area contributed by atoms with Crippen molar-refractivity contribution in [2.24, 2.45) is 0 Å². The molecule has 0 saturated carbocycles. The van der Waals surface area contributed by atoms with Crippen LogP contribution in [0.15, 0.2) is 21.9 Å². The number of hydrogen-bond donors (Lipinski definition) is 2. The lowest BCUT2D eigenvalue weighted by Gasteiger charge is -2.24. The van der Waals surface area contributed by atoms with Crippen molar-refractivity contribution >= 4 is 11.9 Å². The Labute approximate surface area is 256 Å². The van der Waals surface area contributed by atoms with Crippen molar-refractivity contribution in [3.05, 3.63) is 33.1 Å². The number of carbonyl (C=O) groups is 2. The number of ether oxygens (including phenoxy) is 3. The summed E-state index contributed by atoms with van der Waals surface area (Å²) in [5, 5.41) is 10.0. The summed E-state index contributed by atoms with van der Waals surface area (Å²) >= 11 is 0. The number of hydrogen-bond acceptors (Lipinski definition) is 8. The van der Waals surface area contributed by atoms with Crippen LogP contribution in [0.5, 0.6) is 0 Å². The van der Waals surface area contributed by atoms with E-state index < -0.39 is 54.3 Å². The maximum atomic E-state index is 12.9. The molecule has 10 nitrogen and oxygen atoms in total. The number of aliphatic hydroxyl groups excluding tert-OH is 1. The molecule has 10 heteroatoms. The van der Waals surface area contributed by atoms with Gasteiger partial charge in [0.2, 0.25) is 0 Å². The summed E-state index contributed by atoms with van der Waals surface area (Å²) in [5.74, 6) is -0.956. The number of unbranched alkanes of at least 4 members (excludes halogenated alkanes) is 16. The van der Waals surface area contributed by atoms with E-state index in [1.165, 1.54) is 70.4 Å². The fourth-order valence-corrected chi connectivity index (χ4v) is 5.56. The lowest BCUT2D eigenvalue weighted by Crippen LogP contribution is -2.42. The predicted molar refractivity (Wildman–Crippen MR) is 166 cm³/mol. The number of nitrogens with one attached hydrogen (secondary N) is 1. The SMILES string of the molecule is CCCCCCCCCCCC(=O)OC1C(CO)OC(n2ccc(=O)[nH]c2=O)C1OC(=O)CCCCCCCCCCC. The molecule has 246 valence electrons. The van der Waals surface area contributed by atoms with Gasteiger partial charge in [-0.25, -0.2) is 4.79 Å². The third kappa shape index (κ3) is 14.2.